The summed E-state index contributed by atoms with van der Waals surface area (Å²) in [5.41, 5.74) is 0. The van der Waals surface area contributed by atoms with Gasteiger partial charge in [-0.15, -0.1) is 8.56 Å². The maximum atomic E-state index is 8.07. The van der Waals surface area contributed by atoms with Crippen molar-refractivity contribution in [3.8, 4) is 0 Å². The third-order valence-corrected chi connectivity index (χ3v) is 0. The predicted octanol–water partition coefficient (Wildman–Crippen LogP) is -3.73. The normalized spacial score (nSPS) is 7.20. The molecule has 4 heteroatoms. The quantitative estimate of drug-likeness (QED) is 0.307. The van der Waals surface area contributed by atoms with Crippen LogP contribution in [0.5, 0.6) is 0 Å². The van der Waals surface area contributed by atoms with E-state index in [4.69, 9.17) is 4.80 Å². The minimum atomic E-state index is -1.07. The average Bonchev–Trinajstić information content (AvgIpc) is 0.811. The molecule has 0 rings (SSSR count). The summed E-state index contributed by atoms with van der Waals surface area (Å²) in [4.78, 5) is 8.07. The van der Waals surface area contributed by atoms with Crippen molar-refractivity contribution in [1.29, 1.82) is 0 Å². The maximum Gasteiger partial charge on any atom is 1.00 e. The van der Waals surface area contributed by atoms with Crippen LogP contribution >= 0.6 is 0 Å². The summed E-state index contributed by atoms with van der Waals surface area (Å²) in [5, 5.41) is 0. The SMILES string of the molecule is C[Si-](O)[Si].[Li+]. The Morgan fingerprint density at radius 1 is 1.80 bits per heavy atom. The van der Waals surface area contributed by atoms with E-state index in [0.29, 0.717) is 0 Å². The van der Waals surface area contributed by atoms with E-state index in [1.807, 2.05) is 0 Å². The molecule has 0 saturated heterocycles. The van der Waals surface area contributed by atoms with Crippen LogP contribution in [0.1, 0.15) is 0 Å². The Morgan fingerprint density at radius 2 is 1.80 bits per heavy atom. The van der Waals surface area contributed by atoms with Crippen LogP contribution in [0.4, 0.5) is 0 Å². The van der Waals surface area contributed by atoms with Gasteiger partial charge in [0.1, 0.15) is 0 Å². The average molecular weight is 95.2 g/mol. The standard InChI is InChI=1S/CH4OSi2.Li/c1-4(2)3;/h2H,1H3;/q-1;+1. The fraction of sp³-hybridized carbons (Fsp3) is 1.00. The molecule has 0 aromatic rings. The summed E-state index contributed by atoms with van der Waals surface area (Å²) in [7, 11) is 1.90. The van der Waals surface area contributed by atoms with Gasteiger partial charge in [0.15, 0.2) is 0 Å². The number of hydrogen-bond donors (Lipinski definition) is 1. The summed E-state index contributed by atoms with van der Waals surface area (Å²) in [6, 6.07) is 0. The largest absolute Gasteiger partial charge is 1.00 e. The molecule has 0 atom stereocenters. The fourth-order valence-electron chi connectivity index (χ4n) is 0. The van der Waals surface area contributed by atoms with Gasteiger partial charge in [0.05, 0.1) is 0 Å². The van der Waals surface area contributed by atoms with Crippen molar-refractivity contribution in [2.45, 2.75) is 6.55 Å². The first-order chi connectivity index (χ1) is 1.73. The molecule has 0 heterocycles. The van der Waals surface area contributed by atoms with Crippen molar-refractivity contribution >= 4 is 18.3 Å². The van der Waals surface area contributed by atoms with Crippen molar-refractivity contribution in [2.24, 2.45) is 0 Å². The molecular weight excluding hydrogens is 91.1 g/mol. The Hall–Kier alpha value is 0.991. The van der Waals surface area contributed by atoms with Gasteiger partial charge in [0.25, 0.3) is 0 Å². The fourth-order valence-corrected chi connectivity index (χ4v) is 0. The maximum absolute atomic E-state index is 8.07. The third kappa shape index (κ3) is 45.5. The molecule has 0 aromatic heterocycles. The van der Waals surface area contributed by atoms with E-state index in [1.54, 1.807) is 6.55 Å². The van der Waals surface area contributed by atoms with Crippen molar-refractivity contribution in [2.75, 3.05) is 0 Å². The van der Waals surface area contributed by atoms with Crippen LogP contribution in [0.2, 0.25) is 6.55 Å². The van der Waals surface area contributed by atoms with E-state index in [-0.39, 0.29) is 18.9 Å². The molecule has 0 aliphatic heterocycles. The Kier molecular flexibility index (Phi) is 9.35. The van der Waals surface area contributed by atoms with Crippen LogP contribution in [0.3, 0.4) is 0 Å². The smallest absolute Gasteiger partial charge is 0.605 e. The Bertz CT molecular complexity index is 14.4. The second-order valence-corrected chi connectivity index (χ2v) is 3.93. The third-order valence-electron chi connectivity index (χ3n) is 0. The van der Waals surface area contributed by atoms with E-state index in [0.717, 1.165) is 0 Å². The molecule has 1 nitrogen and oxygen atoms in total. The molecular formula is CH4LiOSi2. The first-order valence-electron chi connectivity index (χ1n) is 0.974. The molecule has 0 aromatic carbocycles. The van der Waals surface area contributed by atoms with Crippen LogP contribution < -0.4 is 18.9 Å². The molecule has 0 saturated carbocycles. The molecule has 0 spiro atoms. The van der Waals surface area contributed by atoms with Gasteiger partial charge in [-0.3, -0.25) is 0 Å². The van der Waals surface area contributed by atoms with Gasteiger partial charge < -0.3 is 4.80 Å². The van der Waals surface area contributed by atoms with Crippen LogP contribution in [0.15, 0.2) is 0 Å². The number of hydrogen-bond acceptors (Lipinski definition) is 1. The van der Waals surface area contributed by atoms with E-state index in [1.165, 1.54) is 0 Å². The second kappa shape index (κ2) is 4.99. The van der Waals surface area contributed by atoms with E-state index >= 15 is 0 Å². The van der Waals surface area contributed by atoms with Crippen molar-refractivity contribution in [3.05, 3.63) is 0 Å². The second-order valence-electron chi connectivity index (χ2n) is 0.585. The summed E-state index contributed by atoms with van der Waals surface area (Å²) in [6.07, 6.45) is 0. The Morgan fingerprint density at radius 3 is 1.80 bits per heavy atom. The zero-order valence-corrected chi connectivity index (χ0v) is 5.45. The molecule has 5 heavy (non-hydrogen) atoms. The monoisotopic (exact) mass is 95.0 g/mol. The van der Waals surface area contributed by atoms with Crippen LogP contribution in [-0.2, 0) is 0 Å². The molecule has 3 radical (unpaired) electrons. The van der Waals surface area contributed by atoms with Crippen LogP contribution in [-0.4, -0.2) is 23.1 Å². The van der Waals surface area contributed by atoms with Gasteiger partial charge in [-0.2, -0.15) is 16.3 Å². The minimum Gasteiger partial charge on any atom is -0.605 e. The van der Waals surface area contributed by atoms with E-state index in [9.17, 15) is 0 Å². The number of rotatable bonds is 0. The topological polar surface area (TPSA) is 20.2 Å². The minimum absolute atomic E-state index is 0. The summed E-state index contributed by atoms with van der Waals surface area (Å²) in [5.74, 6) is 0. The van der Waals surface area contributed by atoms with Gasteiger partial charge in [-0.25, -0.2) is 0 Å². The molecule has 1 N–H and O–H groups in total. The van der Waals surface area contributed by atoms with Crippen molar-refractivity contribution < 1.29 is 23.7 Å². The Balaban J connectivity index is 0. The van der Waals surface area contributed by atoms with Crippen molar-refractivity contribution in [1.82, 2.24) is 0 Å². The first-order valence-corrected chi connectivity index (χ1v) is 4.42. The molecule has 0 aliphatic carbocycles. The van der Waals surface area contributed by atoms with Crippen molar-refractivity contribution in [3.63, 3.8) is 0 Å². The van der Waals surface area contributed by atoms with Gasteiger partial charge in [0.2, 0.25) is 0 Å². The van der Waals surface area contributed by atoms with Gasteiger partial charge >= 0.3 is 18.9 Å². The summed E-state index contributed by atoms with van der Waals surface area (Å²) in [6.45, 7) is 1.74. The zero-order valence-electron chi connectivity index (χ0n) is 3.45. The van der Waals surface area contributed by atoms with E-state index < -0.39 is 8.56 Å². The zero-order chi connectivity index (χ0) is 3.58. The van der Waals surface area contributed by atoms with Crippen LogP contribution in [0, 0.1) is 0 Å². The molecule has 23 valence electrons. The molecule has 0 amide bonds. The summed E-state index contributed by atoms with van der Waals surface area (Å²) >= 11 is 0. The van der Waals surface area contributed by atoms with Gasteiger partial charge in [-0.05, 0) is 0 Å². The molecule has 0 bridgehead atoms. The van der Waals surface area contributed by atoms with Crippen LogP contribution in [0.25, 0.3) is 0 Å². The molecule has 0 aliphatic rings. The molecule has 0 unspecified atom stereocenters. The summed E-state index contributed by atoms with van der Waals surface area (Å²) < 4.78 is 0. The van der Waals surface area contributed by atoms with Gasteiger partial charge in [-0.1, -0.05) is 0 Å². The predicted molar refractivity (Wildman–Crippen MR) is 19.6 cm³/mol. The molecule has 0 fully saturated rings. The Labute approximate surface area is 48.9 Å². The van der Waals surface area contributed by atoms with Gasteiger partial charge in [0, 0.05) is 0 Å². The van der Waals surface area contributed by atoms with E-state index in [2.05, 4.69) is 9.76 Å². The first kappa shape index (κ1) is 9.37.